The number of carbonyl (C=O) groups excluding carboxylic acids is 3. The molecule has 160 valence electrons. The molecule has 1 aromatic heterocycles. The molecule has 0 radical (unpaired) electrons. The van der Waals surface area contributed by atoms with E-state index in [1.165, 1.54) is 13.1 Å². The molecular formula is C18H21N5O7. The summed E-state index contributed by atoms with van der Waals surface area (Å²) >= 11 is 0. The Morgan fingerprint density at radius 1 is 1.00 bits per heavy atom. The molecule has 0 atom stereocenters. The van der Waals surface area contributed by atoms with Gasteiger partial charge in [0.05, 0.1) is 11.9 Å². The van der Waals surface area contributed by atoms with E-state index in [2.05, 4.69) is 15.7 Å². The molecule has 0 aliphatic heterocycles. The summed E-state index contributed by atoms with van der Waals surface area (Å²) in [5.41, 5.74) is 0.0240. The minimum absolute atomic E-state index is 0.00445. The zero-order chi connectivity index (χ0) is 22.3. The highest BCUT2D eigenvalue weighted by atomic mass is 16.4. The maximum atomic E-state index is 12.6. The van der Waals surface area contributed by atoms with Crippen molar-refractivity contribution in [1.82, 2.24) is 25.3 Å². The lowest BCUT2D eigenvalue weighted by Gasteiger charge is -2.16. The van der Waals surface area contributed by atoms with Crippen molar-refractivity contribution in [3.05, 3.63) is 30.0 Å². The molecule has 1 aromatic carbocycles. The molecule has 0 fully saturated rings. The summed E-state index contributed by atoms with van der Waals surface area (Å²) in [7, 11) is 1.36. The van der Waals surface area contributed by atoms with Crippen molar-refractivity contribution in [2.75, 3.05) is 26.7 Å². The van der Waals surface area contributed by atoms with Crippen LogP contribution in [0.15, 0.2) is 24.3 Å². The van der Waals surface area contributed by atoms with Gasteiger partial charge in [-0.2, -0.15) is 9.78 Å². The van der Waals surface area contributed by atoms with Gasteiger partial charge in [-0.15, -0.1) is 0 Å². The Kier molecular flexibility index (Phi) is 7.44. The Labute approximate surface area is 170 Å². The number of aromatic nitrogens is 2. The van der Waals surface area contributed by atoms with E-state index in [0.29, 0.717) is 10.9 Å². The van der Waals surface area contributed by atoms with E-state index in [1.54, 1.807) is 18.2 Å². The summed E-state index contributed by atoms with van der Waals surface area (Å²) in [5.74, 6) is -3.25. The molecular weight excluding hydrogens is 398 g/mol. The van der Waals surface area contributed by atoms with Crippen molar-refractivity contribution >= 4 is 40.7 Å². The summed E-state index contributed by atoms with van der Waals surface area (Å²) in [6.45, 7) is -0.334. The van der Waals surface area contributed by atoms with E-state index < -0.39 is 29.8 Å². The molecule has 4 N–H and O–H groups in total. The van der Waals surface area contributed by atoms with Crippen molar-refractivity contribution in [3.8, 4) is 0 Å². The summed E-state index contributed by atoms with van der Waals surface area (Å²) in [6.07, 6.45) is -0.245. The Bertz CT molecular complexity index is 984. The molecule has 0 aliphatic rings. The highest BCUT2D eigenvalue weighted by Gasteiger charge is 2.22. The largest absolute Gasteiger partial charge is 0.481 e. The van der Waals surface area contributed by atoms with Crippen LogP contribution in [0.3, 0.4) is 0 Å². The number of carboxylic acids is 2. The van der Waals surface area contributed by atoms with E-state index in [-0.39, 0.29) is 38.2 Å². The topological polar surface area (TPSA) is 171 Å². The molecule has 30 heavy (non-hydrogen) atoms. The van der Waals surface area contributed by atoms with Crippen LogP contribution < -0.4 is 10.6 Å². The van der Waals surface area contributed by atoms with Gasteiger partial charge < -0.3 is 25.7 Å². The van der Waals surface area contributed by atoms with Crippen LogP contribution in [-0.2, 0) is 14.4 Å². The number of hydrogen-bond donors (Lipinski definition) is 4. The smallest absolute Gasteiger partial charge is 0.357 e. The minimum Gasteiger partial charge on any atom is -0.481 e. The van der Waals surface area contributed by atoms with Crippen molar-refractivity contribution in [2.45, 2.75) is 12.8 Å². The van der Waals surface area contributed by atoms with E-state index in [9.17, 15) is 29.1 Å². The van der Waals surface area contributed by atoms with Crippen LogP contribution in [0.4, 0.5) is 4.79 Å². The average molecular weight is 419 g/mol. The Morgan fingerprint density at radius 2 is 1.63 bits per heavy atom. The summed E-state index contributed by atoms with van der Waals surface area (Å²) < 4.78 is 0.919. The van der Waals surface area contributed by atoms with Gasteiger partial charge in [-0.25, -0.2) is 9.59 Å². The van der Waals surface area contributed by atoms with Gasteiger partial charge in [0, 0.05) is 31.9 Å². The van der Waals surface area contributed by atoms with Crippen LogP contribution in [0.2, 0.25) is 0 Å². The van der Waals surface area contributed by atoms with Gasteiger partial charge in [-0.1, -0.05) is 18.2 Å². The van der Waals surface area contributed by atoms with Gasteiger partial charge in [-0.05, 0) is 6.07 Å². The van der Waals surface area contributed by atoms with Crippen molar-refractivity contribution in [1.29, 1.82) is 0 Å². The zero-order valence-corrected chi connectivity index (χ0v) is 16.1. The number of likely N-dealkylation sites (N-methyl/N-ethyl adjacent to an activating group) is 1. The number of aliphatic carboxylic acids is 1. The van der Waals surface area contributed by atoms with Crippen molar-refractivity contribution in [3.63, 3.8) is 0 Å². The van der Waals surface area contributed by atoms with Gasteiger partial charge in [0.1, 0.15) is 6.54 Å². The molecule has 2 aromatic rings. The van der Waals surface area contributed by atoms with E-state index in [1.807, 2.05) is 0 Å². The predicted molar refractivity (Wildman–Crippen MR) is 103 cm³/mol. The highest BCUT2D eigenvalue weighted by Crippen LogP contribution is 2.18. The molecule has 2 rings (SSSR count). The number of benzene rings is 1. The SMILES string of the molecule is CN(CC(=O)NCCC(=O)NCCC(=O)O)C(=O)n1nc(C(=O)O)c2ccccc21. The molecule has 0 bridgehead atoms. The normalized spacial score (nSPS) is 10.4. The maximum Gasteiger partial charge on any atom is 0.357 e. The average Bonchev–Trinajstić information content (AvgIpc) is 3.07. The Balaban J connectivity index is 1.89. The highest BCUT2D eigenvalue weighted by molar-refractivity contribution is 6.04. The predicted octanol–water partition coefficient (Wildman–Crippen LogP) is -0.268. The number of hydrogen-bond acceptors (Lipinski definition) is 6. The lowest BCUT2D eigenvalue weighted by molar-refractivity contribution is -0.137. The van der Waals surface area contributed by atoms with Crippen LogP contribution in [-0.4, -0.2) is 81.4 Å². The fourth-order valence-corrected chi connectivity index (χ4v) is 2.58. The minimum atomic E-state index is -1.28. The summed E-state index contributed by atoms with van der Waals surface area (Å²) in [5, 5.41) is 26.8. The van der Waals surface area contributed by atoms with Crippen LogP contribution >= 0.6 is 0 Å². The third-order valence-corrected chi connectivity index (χ3v) is 4.01. The number of para-hydroxylation sites is 1. The molecule has 12 heteroatoms. The molecule has 1 heterocycles. The molecule has 0 saturated carbocycles. The lowest BCUT2D eigenvalue weighted by Crippen LogP contribution is -2.41. The second-order valence-corrected chi connectivity index (χ2v) is 6.31. The fourth-order valence-electron chi connectivity index (χ4n) is 2.58. The van der Waals surface area contributed by atoms with E-state index >= 15 is 0 Å². The van der Waals surface area contributed by atoms with E-state index in [0.717, 1.165) is 9.58 Å². The van der Waals surface area contributed by atoms with Gasteiger partial charge in [-0.3, -0.25) is 14.4 Å². The first kappa shape index (κ1) is 22.3. The first-order valence-corrected chi connectivity index (χ1v) is 8.92. The number of carbonyl (C=O) groups is 5. The standard InChI is InChI=1S/C18H21N5O7/c1-22(10-14(25)20-8-6-13(24)19-9-7-15(26)27)18(30)23-12-5-3-2-4-11(12)16(21-23)17(28)29/h2-5H,6-10H2,1H3,(H,19,24)(H,20,25)(H,26,27)(H,28,29). The molecule has 0 aliphatic carbocycles. The zero-order valence-electron chi connectivity index (χ0n) is 16.1. The molecule has 0 spiro atoms. The van der Waals surface area contributed by atoms with E-state index in [4.69, 9.17) is 5.11 Å². The Hall–Kier alpha value is -3.96. The number of carboxylic acid groups (broad SMARTS) is 2. The fraction of sp³-hybridized carbons (Fsp3) is 0.333. The first-order chi connectivity index (χ1) is 14.2. The maximum absolute atomic E-state index is 12.6. The molecule has 12 nitrogen and oxygen atoms in total. The van der Waals surface area contributed by atoms with Crippen LogP contribution in [0.25, 0.3) is 10.9 Å². The second kappa shape index (κ2) is 10.0. The van der Waals surface area contributed by atoms with Crippen LogP contribution in [0, 0.1) is 0 Å². The lowest BCUT2D eigenvalue weighted by atomic mass is 10.2. The molecule has 0 saturated heterocycles. The third kappa shape index (κ3) is 5.77. The third-order valence-electron chi connectivity index (χ3n) is 4.01. The van der Waals surface area contributed by atoms with Crippen molar-refractivity contribution < 1.29 is 34.2 Å². The van der Waals surface area contributed by atoms with Crippen molar-refractivity contribution in [2.24, 2.45) is 0 Å². The van der Waals surface area contributed by atoms with Gasteiger partial charge in [0.2, 0.25) is 11.8 Å². The first-order valence-electron chi connectivity index (χ1n) is 8.92. The number of fused-ring (bicyclic) bond motifs is 1. The van der Waals surface area contributed by atoms with Crippen LogP contribution in [0.1, 0.15) is 23.3 Å². The number of nitrogens with zero attached hydrogens (tertiary/aromatic N) is 3. The van der Waals surface area contributed by atoms with Gasteiger partial charge in [0.25, 0.3) is 0 Å². The number of nitrogens with one attached hydrogen (secondary N) is 2. The molecule has 0 unspecified atom stereocenters. The van der Waals surface area contributed by atoms with Crippen LogP contribution in [0.5, 0.6) is 0 Å². The van der Waals surface area contributed by atoms with Gasteiger partial charge >= 0.3 is 18.0 Å². The molecule has 3 amide bonds. The number of amides is 3. The van der Waals surface area contributed by atoms with Gasteiger partial charge in [0.15, 0.2) is 5.69 Å². The number of aromatic carboxylic acids is 1. The monoisotopic (exact) mass is 419 g/mol. The number of rotatable bonds is 9. The second-order valence-electron chi connectivity index (χ2n) is 6.31. The Morgan fingerprint density at radius 3 is 2.30 bits per heavy atom. The summed E-state index contributed by atoms with van der Waals surface area (Å²) in [6, 6.07) is 5.64. The quantitative estimate of drug-likeness (QED) is 0.430. The summed E-state index contributed by atoms with van der Waals surface area (Å²) in [4.78, 5) is 58.9.